The number of Topliss-reactive ketones (excluding diaryl/α,β-unsaturated/α-hetero) is 6. The number of carbonyl (C=O) groups excluding carboxylic acids is 10. The molecule has 0 bridgehead atoms. The Balaban J connectivity index is 2.44. The Morgan fingerprint density at radius 1 is 0.646 bits per heavy atom. The number of aliphatic hydroxyl groups is 1. The van der Waals surface area contributed by atoms with Crippen LogP contribution in [0.1, 0.15) is 131 Å². The molecule has 0 fully saturated rings. The van der Waals surface area contributed by atoms with Gasteiger partial charge in [-0.15, -0.1) is 0 Å². The van der Waals surface area contributed by atoms with Crippen molar-refractivity contribution in [2.75, 3.05) is 25.4 Å². The highest BCUT2D eigenvalue weighted by Gasteiger charge is 2.36. The first-order valence-electron chi connectivity index (χ1n) is 27.8. The van der Waals surface area contributed by atoms with Crippen LogP contribution in [-0.4, -0.2) is 147 Å². The van der Waals surface area contributed by atoms with Crippen LogP contribution >= 0.6 is 12.6 Å². The number of carboxylic acid groups (broad SMARTS) is 1. The molecular weight excluding hydrogens is 1080 g/mol. The largest absolute Gasteiger partial charge is 0.481 e. The molecule has 1 aromatic heterocycles. The van der Waals surface area contributed by atoms with Crippen molar-refractivity contribution in [2.45, 2.75) is 162 Å². The van der Waals surface area contributed by atoms with E-state index in [9.17, 15) is 63.0 Å². The number of carboxylic acids is 1. The zero-order valence-corrected chi connectivity index (χ0v) is 49.0. The lowest BCUT2D eigenvalue weighted by Crippen LogP contribution is -2.51. The van der Waals surface area contributed by atoms with Crippen LogP contribution in [0.25, 0.3) is 10.9 Å². The maximum absolute atomic E-state index is 14.7. The van der Waals surface area contributed by atoms with Gasteiger partial charge >= 0.3 is 5.97 Å². The van der Waals surface area contributed by atoms with Gasteiger partial charge in [0.05, 0.1) is 36.7 Å². The van der Waals surface area contributed by atoms with Crippen LogP contribution < -0.4 is 49.9 Å². The van der Waals surface area contributed by atoms with Crippen molar-refractivity contribution in [3.05, 3.63) is 36.0 Å². The molecule has 17 N–H and O–H groups in total. The average Bonchev–Trinajstić information content (AvgIpc) is 3.99. The summed E-state index contributed by atoms with van der Waals surface area (Å²) in [6.45, 7) is 9.66. The number of hydrogen-bond donors (Lipinski definition) is 13. The fourth-order valence-corrected chi connectivity index (χ4v) is 9.57. The van der Waals surface area contributed by atoms with Crippen molar-refractivity contribution in [1.29, 1.82) is 0 Å². The van der Waals surface area contributed by atoms with Gasteiger partial charge in [0.25, 0.3) is 0 Å². The van der Waals surface area contributed by atoms with E-state index < -0.39 is 139 Å². The van der Waals surface area contributed by atoms with Crippen molar-refractivity contribution in [2.24, 2.45) is 74.2 Å². The number of aliphatic imine (C=N–C) groups is 2. The Labute approximate surface area is 484 Å². The number of nitrogens with one attached hydrogen (secondary N) is 5. The van der Waals surface area contributed by atoms with Crippen LogP contribution in [0, 0.1) is 35.5 Å². The molecule has 9 atom stereocenters. The molecule has 26 heteroatoms. The quantitative estimate of drug-likeness (QED) is 0.0189. The van der Waals surface area contributed by atoms with Gasteiger partial charge in [0.15, 0.2) is 35.1 Å². The third-order valence-corrected chi connectivity index (χ3v) is 14.5. The summed E-state index contributed by atoms with van der Waals surface area (Å²) in [4.78, 5) is 159. The third-order valence-electron chi connectivity index (χ3n) is 14.0. The molecule has 0 aliphatic heterocycles. The summed E-state index contributed by atoms with van der Waals surface area (Å²) >= 11 is 4.34. The van der Waals surface area contributed by atoms with E-state index in [1.54, 1.807) is 26.1 Å². The number of amides is 4. The van der Waals surface area contributed by atoms with Crippen molar-refractivity contribution in [1.82, 2.24) is 26.3 Å². The van der Waals surface area contributed by atoms with Crippen LogP contribution in [0.15, 0.2) is 40.4 Å². The molecule has 0 aliphatic rings. The maximum atomic E-state index is 14.7. The number of thiol groups is 1. The van der Waals surface area contributed by atoms with Gasteiger partial charge in [-0.25, -0.2) is 0 Å². The molecule has 25 nitrogen and oxygen atoms in total. The van der Waals surface area contributed by atoms with Crippen LogP contribution in [0.5, 0.6) is 0 Å². The fraction of sp³-hybridized carbons (Fsp3) is 0.625. The first-order valence-corrected chi connectivity index (χ1v) is 28.4. The number of aromatic amines is 1. The highest BCUT2D eigenvalue weighted by atomic mass is 32.1. The normalized spacial score (nSPS) is 14.6. The number of ketones is 6. The minimum atomic E-state index is -1.43. The van der Waals surface area contributed by atoms with Crippen molar-refractivity contribution in [3.63, 3.8) is 0 Å². The van der Waals surface area contributed by atoms with E-state index in [4.69, 9.17) is 28.7 Å². The number of nitrogens with two attached hydrogens (primary N) is 5. The predicted molar refractivity (Wildman–Crippen MR) is 313 cm³/mol. The summed E-state index contributed by atoms with van der Waals surface area (Å²) in [7, 11) is 0. The number of carbonyl (C=O) groups is 11. The highest BCUT2D eigenvalue weighted by molar-refractivity contribution is 7.80. The van der Waals surface area contributed by atoms with Gasteiger partial charge in [-0.1, -0.05) is 45.9 Å². The molecule has 0 unspecified atom stereocenters. The molecule has 4 amide bonds. The number of aliphatic hydroxyl groups excluding tert-OH is 1. The van der Waals surface area contributed by atoms with E-state index in [1.165, 1.54) is 13.8 Å². The molecule has 2 rings (SSSR count). The molecule has 82 heavy (non-hydrogen) atoms. The second kappa shape index (κ2) is 36.4. The third kappa shape index (κ3) is 25.8. The minimum absolute atomic E-state index is 0.0257. The van der Waals surface area contributed by atoms with E-state index >= 15 is 0 Å². The maximum Gasteiger partial charge on any atom is 0.303 e. The monoisotopic (exact) mass is 1170 g/mol. The Morgan fingerprint density at radius 2 is 1.20 bits per heavy atom. The predicted octanol–water partition coefficient (Wildman–Crippen LogP) is 0.833. The zero-order valence-electron chi connectivity index (χ0n) is 48.1. The molecule has 0 aliphatic carbocycles. The number of nitrogens with zero attached hydrogens (tertiary/aromatic N) is 2. The number of H-pyrrole nitrogens is 1. The smallest absolute Gasteiger partial charge is 0.303 e. The summed E-state index contributed by atoms with van der Waals surface area (Å²) in [6, 6.07) is 2.02. The van der Waals surface area contributed by atoms with Crippen LogP contribution in [0.3, 0.4) is 0 Å². The van der Waals surface area contributed by atoms with E-state index in [2.05, 4.69) is 48.9 Å². The fourth-order valence-electron chi connectivity index (χ4n) is 9.28. The Hall–Kier alpha value is -7.06. The van der Waals surface area contributed by atoms with Gasteiger partial charge in [0.1, 0.15) is 17.6 Å². The molecule has 0 radical (unpaired) electrons. The standard InChI is InChI=1S/C56H88N12O13S/c1-30(2)21-43(48(75)25-37(29-82)53(80)66-42(15-18-50(77)78)46(73)23-34(32(5)69)11-9-19-62-55(58)59)67-52(79)35(12-10-20-63-56(60)61)24-47(74)44(22-36-28-64-41-14-8-7-13-39(36)41)65-49(76)17-16-45(72)51(33(6)70)68-54(81)40(31(3)4)26-38(71)27-57/h7-8,13-14,28,30-31,33-35,37,40,42-44,51,64,70,82H,9-12,15-27,29,57H2,1-6H3,(H,65,76)(H,66,80)(H,67,79)(H,68,81)(H,77,78)(H4,58,59,62)(H4,60,61,63)/t33-,34-,35+,37+,40+,42+,43+,44+,51+/m1/s1. The van der Waals surface area contributed by atoms with Gasteiger partial charge in [-0.05, 0) is 75.8 Å². The molecule has 456 valence electrons. The molecule has 2 aromatic rings. The van der Waals surface area contributed by atoms with Gasteiger partial charge in [-0.3, -0.25) is 62.7 Å². The minimum Gasteiger partial charge on any atom is -0.481 e. The van der Waals surface area contributed by atoms with E-state index in [-0.39, 0.29) is 112 Å². The van der Waals surface area contributed by atoms with E-state index in [0.29, 0.717) is 12.0 Å². The number of aliphatic carboxylic acids is 1. The van der Waals surface area contributed by atoms with Gasteiger partial charge < -0.3 is 65.1 Å². The highest BCUT2D eigenvalue weighted by Crippen LogP contribution is 2.24. The SMILES string of the molecule is CC(=O)[C@H](CCCN=C(N)N)CC(=O)[C@H](CCC(=O)O)NC(=O)[C@H](CS)CC(=O)[C@H](CC(C)C)NC(=O)[C@@H](CCCN=C(N)N)CC(=O)[C@H](Cc1c[nH]c2ccccc12)NC(=O)CCC(=O)[C@@H](NC(=O)[C@@H](CC(=O)CN)C(C)C)[C@@H](C)O. The summed E-state index contributed by atoms with van der Waals surface area (Å²) < 4.78 is 0. The molecule has 0 spiro atoms. The summed E-state index contributed by atoms with van der Waals surface area (Å²) in [6.07, 6.45) is -1.98. The first kappa shape index (κ1) is 71.0. The zero-order chi connectivity index (χ0) is 61.8. The van der Waals surface area contributed by atoms with Gasteiger partial charge in [0.2, 0.25) is 23.6 Å². The molecule has 0 saturated heterocycles. The second-order valence-corrected chi connectivity index (χ2v) is 22.0. The van der Waals surface area contributed by atoms with Crippen molar-refractivity contribution >= 4 is 99.7 Å². The lowest BCUT2D eigenvalue weighted by atomic mass is 9.88. The average molecular weight is 1170 g/mol. The Morgan fingerprint density at radius 3 is 1.74 bits per heavy atom. The number of para-hydroxylation sites is 1. The number of hydrogen-bond acceptors (Lipinski definition) is 16. The Bertz CT molecular complexity index is 2580. The Kier molecular flexibility index (Phi) is 31.5. The lowest BCUT2D eigenvalue weighted by molar-refractivity contribution is -0.138. The molecular formula is C56H88N12O13S. The number of guanidine groups is 2. The van der Waals surface area contributed by atoms with Crippen molar-refractivity contribution < 1.29 is 63.0 Å². The number of rotatable bonds is 42. The number of benzene rings is 1. The van der Waals surface area contributed by atoms with E-state index in [0.717, 1.165) is 10.9 Å². The second-order valence-electron chi connectivity index (χ2n) is 21.7. The summed E-state index contributed by atoms with van der Waals surface area (Å²) in [5.74, 6) is -12.2. The first-order chi connectivity index (χ1) is 38.6. The molecule has 1 aromatic carbocycles. The van der Waals surface area contributed by atoms with Crippen molar-refractivity contribution in [3.8, 4) is 0 Å². The van der Waals surface area contributed by atoms with Crippen LogP contribution in [-0.2, 0) is 59.2 Å². The van der Waals surface area contributed by atoms with Gasteiger partial charge in [0, 0.05) is 105 Å². The molecule has 1 heterocycles. The number of aromatic nitrogens is 1. The summed E-state index contributed by atoms with van der Waals surface area (Å²) in [5, 5.41) is 31.5. The van der Waals surface area contributed by atoms with Crippen LogP contribution in [0.2, 0.25) is 0 Å². The topological polar surface area (TPSA) is 447 Å². The van der Waals surface area contributed by atoms with E-state index in [1.807, 2.05) is 32.0 Å². The summed E-state index contributed by atoms with van der Waals surface area (Å²) in [5.41, 5.74) is 28.8. The van der Waals surface area contributed by atoms with Gasteiger partial charge in [-0.2, -0.15) is 12.6 Å². The number of fused-ring (bicyclic) bond motifs is 1. The lowest BCUT2D eigenvalue weighted by Gasteiger charge is -2.26. The van der Waals surface area contributed by atoms with Crippen LogP contribution in [0.4, 0.5) is 0 Å². The molecule has 0 saturated carbocycles.